The van der Waals surface area contributed by atoms with E-state index in [-0.39, 0.29) is 6.42 Å². The van der Waals surface area contributed by atoms with Crippen LogP contribution in [-0.4, -0.2) is 18.8 Å². The molecule has 0 bridgehead atoms. The van der Waals surface area contributed by atoms with Gasteiger partial charge in [-0.15, -0.1) is 0 Å². The second kappa shape index (κ2) is 4.20. The van der Waals surface area contributed by atoms with E-state index in [9.17, 15) is 18.0 Å². The molecule has 0 atom stereocenters. The average Bonchev–Trinajstić information content (AvgIpc) is 1.87. The third-order valence-electron chi connectivity index (χ3n) is 0.873. The van der Waals surface area contributed by atoms with Gasteiger partial charge in [-0.3, -0.25) is 4.79 Å². The lowest BCUT2D eigenvalue weighted by Crippen LogP contribution is -2.26. The Morgan fingerprint density at radius 3 is 2.45 bits per heavy atom. The van der Waals surface area contributed by atoms with Crippen LogP contribution in [0.3, 0.4) is 0 Å². The van der Waals surface area contributed by atoms with Gasteiger partial charge in [0, 0.05) is 6.42 Å². The number of alkyl halides is 3. The second-order valence-electron chi connectivity index (χ2n) is 2.00. The summed E-state index contributed by atoms with van der Waals surface area (Å²) in [5.41, 5.74) is 0. The summed E-state index contributed by atoms with van der Waals surface area (Å²) in [6.45, 7) is -0.336. The maximum absolute atomic E-state index is 11.9. The molecular weight excluding hydrogens is 161 g/mol. The van der Waals surface area contributed by atoms with Gasteiger partial charge in [-0.1, -0.05) is 6.92 Å². The van der Waals surface area contributed by atoms with Gasteiger partial charge in [0.1, 0.15) is 0 Å². The van der Waals surface area contributed by atoms with Crippen LogP contribution in [0, 0.1) is 0 Å². The summed E-state index contributed by atoms with van der Waals surface area (Å²) in [6.07, 6.45) is -3.66. The molecule has 0 aromatic heterocycles. The largest absolute Gasteiger partial charge is 0.429 e. The molecule has 0 aromatic carbocycles. The molecule has 0 unspecified atom stereocenters. The molecule has 0 heterocycles. The highest BCUT2D eigenvalue weighted by Gasteiger charge is 2.33. The topological polar surface area (TPSA) is 26.3 Å². The lowest BCUT2D eigenvalue weighted by molar-refractivity contribution is -0.238. The predicted molar refractivity (Wildman–Crippen MR) is 31.9 cm³/mol. The minimum atomic E-state index is -3.95. The van der Waals surface area contributed by atoms with Crippen molar-refractivity contribution >= 4 is 5.97 Å². The van der Waals surface area contributed by atoms with Crippen molar-refractivity contribution in [3.05, 3.63) is 0 Å². The van der Waals surface area contributed by atoms with Gasteiger partial charge in [-0.05, 0) is 6.42 Å². The Morgan fingerprint density at radius 1 is 1.55 bits per heavy atom. The maximum atomic E-state index is 11.9. The normalized spacial score (nSPS) is 11.3. The molecule has 0 N–H and O–H groups in total. The molecule has 2 nitrogen and oxygen atoms in total. The minimum Gasteiger partial charge on any atom is -0.399 e. The van der Waals surface area contributed by atoms with Gasteiger partial charge < -0.3 is 4.74 Å². The minimum absolute atomic E-state index is 0.115. The van der Waals surface area contributed by atoms with Crippen LogP contribution in [0.1, 0.15) is 19.8 Å². The Labute approximate surface area is 62.3 Å². The SMILES string of the molecule is CCCC(=O)OC(F)(F)CF. The molecule has 0 aromatic rings. The van der Waals surface area contributed by atoms with Crippen molar-refractivity contribution in [1.82, 2.24) is 0 Å². The van der Waals surface area contributed by atoms with Crippen LogP contribution < -0.4 is 0 Å². The first-order valence-electron chi connectivity index (χ1n) is 3.17. The van der Waals surface area contributed by atoms with Crippen LogP contribution in [0.2, 0.25) is 0 Å². The Kier molecular flexibility index (Phi) is 3.92. The summed E-state index contributed by atoms with van der Waals surface area (Å²) >= 11 is 0. The van der Waals surface area contributed by atoms with E-state index in [1.165, 1.54) is 0 Å². The summed E-state index contributed by atoms with van der Waals surface area (Å²) in [4.78, 5) is 10.3. The Morgan fingerprint density at radius 2 is 2.09 bits per heavy atom. The monoisotopic (exact) mass is 170 g/mol. The summed E-state index contributed by atoms with van der Waals surface area (Å²) in [5, 5.41) is 0. The molecular formula is C6H9F3O2. The van der Waals surface area contributed by atoms with Crippen molar-refractivity contribution in [2.75, 3.05) is 6.67 Å². The van der Waals surface area contributed by atoms with E-state index in [2.05, 4.69) is 4.74 Å². The van der Waals surface area contributed by atoms with Gasteiger partial charge in [0.2, 0.25) is 0 Å². The van der Waals surface area contributed by atoms with Gasteiger partial charge in [0.15, 0.2) is 6.67 Å². The van der Waals surface area contributed by atoms with E-state index < -0.39 is 18.8 Å². The van der Waals surface area contributed by atoms with Crippen LogP contribution in [0.4, 0.5) is 13.2 Å². The van der Waals surface area contributed by atoms with Crippen molar-refractivity contribution in [3.63, 3.8) is 0 Å². The number of ether oxygens (including phenoxy) is 1. The van der Waals surface area contributed by atoms with E-state index in [1.54, 1.807) is 6.92 Å². The van der Waals surface area contributed by atoms with E-state index in [1.807, 2.05) is 0 Å². The first-order valence-corrected chi connectivity index (χ1v) is 3.17. The molecule has 0 saturated carbocycles. The number of esters is 1. The fourth-order valence-electron chi connectivity index (χ4n) is 0.449. The molecule has 66 valence electrons. The number of hydrogen-bond donors (Lipinski definition) is 0. The molecule has 0 aliphatic rings. The van der Waals surface area contributed by atoms with Crippen molar-refractivity contribution in [2.45, 2.75) is 25.9 Å². The molecule has 5 heteroatoms. The first-order chi connectivity index (χ1) is 5.02. The van der Waals surface area contributed by atoms with Crippen molar-refractivity contribution in [3.8, 4) is 0 Å². The molecule has 0 amide bonds. The molecule has 0 aliphatic carbocycles. The van der Waals surface area contributed by atoms with E-state index in [0.717, 1.165) is 0 Å². The van der Waals surface area contributed by atoms with Gasteiger partial charge >= 0.3 is 12.1 Å². The highest BCUT2D eigenvalue weighted by Crippen LogP contribution is 2.16. The predicted octanol–water partition coefficient (Wildman–Crippen LogP) is 1.89. The number of hydrogen-bond acceptors (Lipinski definition) is 2. The number of rotatable bonds is 4. The molecule has 0 rings (SSSR count). The molecule has 0 aliphatic heterocycles. The second-order valence-corrected chi connectivity index (χ2v) is 2.00. The van der Waals surface area contributed by atoms with Crippen molar-refractivity contribution in [2.24, 2.45) is 0 Å². The van der Waals surface area contributed by atoms with Crippen LogP contribution in [0.15, 0.2) is 0 Å². The molecule has 0 saturated heterocycles. The summed E-state index contributed by atoms with van der Waals surface area (Å²) < 4.78 is 38.6. The van der Waals surface area contributed by atoms with Crippen molar-refractivity contribution < 1.29 is 22.7 Å². The average molecular weight is 170 g/mol. The summed E-state index contributed by atoms with van der Waals surface area (Å²) in [7, 11) is 0. The van der Waals surface area contributed by atoms with Crippen LogP contribution in [-0.2, 0) is 9.53 Å². The highest BCUT2D eigenvalue weighted by atomic mass is 19.3. The Balaban J connectivity index is 3.74. The zero-order valence-electron chi connectivity index (χ0n) is 6.07. The first kappa shape index (κ1) is 10.3. The van der Waals surface area contributed by atoms with E-state index in [0.29, 0.717) is 6.42 Å². The standard InChI is InChI=1S/C6H9F3O2/c1-2-3-5(10)11-6(8,9)4-7/h2-4H2,1H3. The smallest absolute Gasteiger partial charge is 0.399 e. The third-order valence-corrected chi connectivity index (χ3v) is 0.873. The number of carbonyl (C=O) groups excluding carboxylic acids is 1. The Bertz CT molecular complexity index is 136. The Hall–Kier alpha value is -0.740. The number of carbonyl (C=O) groups is 1. The lowest BCUT2D eigenvalue weighted by atomic mass is 10.3. The van der Waals surface area contributed by atoms with E-state index in [4.69, 9.17) is 0 Å². The van der Waals surface area contributed by atoms with Gasteiger partial charge in [0.05, 0.1) is 0 Å². The molecule has 11 heavy (non-hydrogen) atoms. The van der Waals surface area contributed by atoms with Gasteiger partial charge in [-0.25, -0.2) is 4.39 Å². The fourth-order valence-corrected chi connectivity index (χ4v) is 0.449. The maximum Gasteiger partial charge on any atom is 0.429 e. The number of halogens is 3. The highest BCUT2D eigenvalue weighted by molar-refractivity contribution is 5.69. The van der Waals surface area contributed by atoms with Gasteiger partial charge in [-0.2, -0.15) is 8.78 Å². The van der Waals surface area contributed by atoms with Crippen molar-refractivity contribution in [1.29, 1.82) is 0 Å². The van der Waals surface area contributed by atoms with E-state index >= 15 is 0 Å². The summed E-state index contributed by atoms with van der Waals surface area (Å²) in [5.74, 6) is -1.07. The van der Waals surface area contributed by atoms with Gasteiger partial charge in [0.25, 0.3) is 0 Å². The zero-order chi connectivity index (χ0) is 8.91. The van der Waals surface area contributed by atoms with Crippen LogP contribution in [0.25, 0.3) is 0 Å². The zero-order valence-corrected chi connectivity index (χ0v) is 6.07. The van der Waals surface area contributed by atoms with Crippen LogP contribution >= 0.6 is 0 Å². The quantitative estimate of drug-likeness (QED) is 0.602. The molecule has 0 fully saturated rings. The lowest BCUT2D eigenvalue weighted by Gasteiger charge is -2.11. The fraction of sp³-hybridized carbons (Fsp3) is 0.833. The molecule has 0 radical (unpaired) electrons. The van der Waals surface area contributed by atoms with Crippen LogP contribution in [0.5, 0.6) is 0 Å². The third kappa shape index (κ3) is 4.64. The summed E-state index contributed by atoms with van der Waals surface area (Å²) in [6, 6.07) is 0. The molecule has 0 spiro atoms.